The highest BCUT2D eigenvalue weighted by Crippen LogP contribution is 2.45. The van der Waals surface area contributed by atoms with Gasteiger partial charge >= 0.3 is 5.97 Å². The van der Waals surface area contributed by atoms with Crippen molar-refractivity contribution in [3.05, 3.63) is 63.3 Å². The van der Waals surface area contributed by atoms with Crippen molar-refractivity contribution in [3.8, 4) is 5.75 Å². The molecule has 2 N–H and O–H groups in total. The standard InChI is InChI=1S/C22H19Cl2NO4/c1-11-19(20(22(28)29)12-3-2-4-12)15-9-18(26)16(24)10-17(15)25(11)21(27)13-5-7-14(23)8-6-13/h5-10,12,20,26H,2-4H2,1H3,(H,28,29). The number of halogens is 2. The van der Waals surface area contributed by atoms with Gasteiger partial charge in [0.05, 0.1) is 16.5 Å². The van der Waals surface area contributed by atoms with Crippen LogP contribution in [0.3, 0.4) is 0 Å². The van der Waals surface area contributed by atoms with Gasteiger partial charge in [-0.3, -0.25) is 14.2 Å². The minimum Gasteiger partial charge on any atom is -0.506 e. The summed E-state index contributed by atoms with van der Waals surface area (Å²) in [6, 6.07) is 9.47. The highest BCUT2D eigenvalue weighted by molar-refractivity contribution is 6.33. The summed E-state index contributed by atoms with van der Waals surface area (Å²) in [5.74, 6) is -2.12. The van der Waals surface area contributed by atoms with Crippen LogP contribution in [0.25, 0.3) is 10.9 Å². The monoisotopic (exact) mass is 431 g/mol. The quantitative estimate of drug-likeness (QED) is 0.561. The highest BCUT2D eigenvalue weighted by atomic mass is 35.5. The number of phenols is 1. The van der Waals surface area contributed by atoms with E-state index >= 15 is 0 Å². The van der Waals surface area contributed by atoms with E-state index in [1.165, 1.54) is 16.7 Å². The van der Waals surface area contributed by atoms with E-state index in [4.69, 9.17) is 23.2 Å². The van der Waals surface area contributed by atoms with Crippen molar-refractivity contribution >= 4 is 46.0 Å². The molecule has 2 aromatic carbocycles. The third kappa shape index (κ3) is 3.28. The predicted molar refractivity (Wildman–Crippen MR) is 112 cm³/mol. The van der Waals surface area contributed by atoms with Crippen molar-refractivity contribution in [2.24, 2.45) is 5.92 Å². The molecule has 0 saturated heterocycles. The van der Waals surface area contributed by atoms with Crippen LogP contribution >= 0.6 is 23.2 Å². The smallest absolute Gasteiger partial charge is 0.311 e. The lowest BCUT2D eigenvalue weighted by Crippen LogP contribution is -2.27. The molecular weight excluding hydrogens is 413 g/mol. The number of carbonyl (C=O) groups is 2. The molecule has 150 valence electrons. The Kier molecular flexibility index (Phi) is 5.05. The van der Waals surface area contributed by atoms with Gasteiger partial charge in [-0.25, -0.2) is 0 Å². The number of carboxylic acids is 1. The molecule has 29 heavy (non-hydrogen) atoms. The van der Waals surface area contributed by atoms with Gasteiger partial charge < -0.3 is 10.2 Å². The van der Waals surface area contributed by atoms with Crippen molar-refractivity contribution in [2.45, 2.75) is 32.1 Å². The Bertz CT molecular complexity index is 1130. The topological polar surface area (TPSA) is 79.5 Å². The van der Waals surface area contributed by atoms with E-state index in [-0.39, 0.29) is 22.6 Å². The Balaban J connectivity index is 1.98. The van der Waals surface area contributed by atoms with Gasteiger partial charge in [0.2, 0.25) is 0 Å². The van der Waals surface area contributed by atoms with E-state index < -0.39 is 11.9 Å². The lowest BCUT2D eigenvalue weighted by Gasteiger charge is -2.31. The first-order valence-electron chi connectivity index (χ1n) is 9.36. The van der Waals surface area contributed by atoms with Crippen LogP contribution in [-0.4, -0.2) is 26.7 Å². The predicted octanol–water partition coefficient (Wildman–Crippen LogP) is 5.62. The van der Waals surface area contributed by atoms with E-state index in [0.29, 0.717) is 32.7 Å². The molecule has 1 saturated carbocycles. The fraction of sp³-hybridized carbons (Fsp3) is 0.273. The van der Waals surface area contributed by atoms with Gasteiger partial charge in [-0.05, 0) is 67.6 Å². The minimum atomic E-state index is -0.926. The maximum absolute atomic E-state index is 13.3. The molecular formula is C22H19Cl2NO4. The number of nitrogens with zero attached hydrogens (tertiary/aromatic N) is 1. The number of rotatable bonds is 4. The van der Waals surface area contributed by atoms with Crippen LogP contribution in [0, 0.1) is 12.8 Å². The van der Waals surface area contributed by atoms with Gasteiger partial charge in [0.1, 0.15) is 5.75 Å². The van der Waals surface area contributed by atoms with Crippen LogP contribution in [0.5, 0.6) is 5.75 Å². The molecule has 0 aliphatic heterocycles. The molecule has 1 unspecified atom stereocenters. The molecule has 1 aromatic heterocycles. The number of aromatic hydroxyl groups is 1. The summed E-state index contributed by atoms with van der Waals surface area (Å²) >= 11 is 12.1. The van der Waals surface area contributed by atoms with Gasteiger partial charge in [-0.2, -0.15) is 0 Å². The van der Waals surface area contributed by atoms with E-state index in [9.17, 15) is 19.8 Å². The van der Waals surface area contributed by atoms with Gasteiger partial charge in [0.15, 0.2) is 0 Å². The van der Waals surface area contributed by atoms with Crippen molar-refractivity contribution in [1.29, 1.82) is 0 Å². The number of hydrogen-bond acceptors (Lipinski definition) is 3. The summed E-state index contributed by atoms with van der Waals surface area (Å²) in [5, 5.41) is 21.3. The zero-order valence-corrected chi connectivity index (χ0v) is 17.2. The minimum absolute atomic E-state index is 0.00806. The number of benzene rings is 2. The Morgan fingerprint density at radius 2 is 1.79 bits per heavy atom. The number of aromatic nitrogens is 1. The van der Waals surface area contributed by atoms with Gasteiger partial charge in [-0.1, -0.05) is 29.6 Å². The third-order valence-corrected chi connectivity index (χ3v) is 6.37. The zero-order chi connectivity index (χ0) is 20.9. The number of fused-ring (bicyclic) bond motifs is 1. The summed E-state index contributed by atoms with van der Waals surface area (Å²) in [7, 11) is 0. The molecule has 7 heteroatoms. The van der Waals surface area contributed by atoms with E-state index in [1.807, 2.05) is 0 Å². The molecule has 0 radical (unpaired) electrons. The van der Waals surface area contributed by atoms with Crippen molar-refractivity contribution < 1.29 is 19.8 Å². The second kappa shape index (κ2) is 7.39. The number of phenolic OH excluding ortho intramolecular Hbond substituents is 1. The Morgan fingerprint density at radius 1 is 1.14 bits per heavy atom. The number of carboxylic acid groups (broad SMARTS) is 1. The second-order valence-corrected chi connectivity index (χ2v) is 8.32. The van der Waals surface area contributed by atoms with Crippen molar-refractivity contribution in [2.75, 3.05) is 0 Å². The first kappa shape index (κ1) is 19.8. The second-order valence-electron chi connectivity index (χ2n) is 7.47. The van der Waals surface area contributed by atoms with Crippen molar-refractivity contribution in [3.63, 3.8) is 0 Å². The van der Waals surface area contributed by atoms with E-state index in [1.54, 1.807) is 31.2 Å². The number of carbonyl (C=O) groups excluding carboxylic acids is 1. The molecule has 1 aliphatic rings. The molecule has 1 fully saturated rings. The molecule has 0 spiro atoms. The SMILES string of the molecule is Cc1c(C(C(=O)O)C2CCC2)c2cc(O)c(Cl)cc2n1C(=O)c1ccc(Cl)cc1. The molecule has 0 amide bonds. The highest BCUT2D eigenvalue weighted by Gasteiger charge is 2.38. The summed E-state index contributed by atoms with van der Waals surface area (Å²) in [4.78, 5) is 25.5. The Hall–Kier alpha value is -2.50. The van der Waals surface area contributed by atoms with Crippen LogP contribution in [0.4, 0.5) is 0 Å². The molecule has 1 heterocycles. The van der Waals surface area contributed by atoms with Crippen molar-refractivity contribution in [1.82, 2.24) is 4.57 Å². The summed E-state index contributed by atoms with van der Waals surface area (Å²) in [6.45, 7) is 1.74. The maximum atomic E-state index is 13.3. The summed E-state index contributed by atoms with van der Waals surface area (Å²) < 4.78 is 1.48. The van der Waals surface area contributed by atoms with Gasteiger partial charge in [0, 0.05) is 21.7 Å². The fourth-order valence-electron chi connectivity index (χ4n) is 4.16. The number of hydrogen-bond donors (Lipinski definition) is 2. The normalized spacial score (nSPS) is 15.3. The van der Waals surface area contributed by atoms with Crippen LogP contribution in [0.15, 0.2) is 36.4 Å². The molecule has 0 bridgehead atoms. The molecule has 5 nitrogen and oxygen atoms in total. The zero-order valence-electron chi connectivity index (χ0n) is 15.7. The Morgan fingerprint density at radius 3 is 2.34 bits per heavy atom. The lowest BCUT2D eigenvalue weighted by molar-refractivity contribution is -0.141. The molecule has 1 aliphatic carbocycles. The lowest BCUT2D eigenvalue weighted by atomic mass is 9.72. The molecule has 3 aromatic rings. The van der Waals surface area contributed by atoms with Gasteiger partial charge in [-0.15, -0.1) is 0 Å². The molecule has 4 rings (SSSR count). The van der Waals surface area contributed by atoms with Crippen LogP contribution < -0.4 is 0 Å². The Labute approximate surface area is 177 Å². The van der Waals surface area contributed by atoms with Crippen LogP contribution in [0.2, 0.25) is 10.0 Å². The van der Waals surface area contributed by atoms with E-state index in [2.05, 4.69) is 0 Å². The van der Waals surface area contributed by atoms with E-state index in [0.717, 1.165) is 19.3 Å². The molecule has 1 atom stereocenters. The van der Waals surface area contributed by atoms with Gasteiger partial charge in [0.25, 0.3) is 5.91 Å². The average molecular weight is 432 g/mol. The first-order valence-corrected chi connectivity index (χ1v) is 10.1. The first-order chi connectivity index (χ1) is 13.8. The third-order valence-electron chi connectivity index (χ3n) is 5.81. The maximum Gasteiger partial charge on any atom is 0.311 e. The fourth-order valence-corrected chi connectivity index (χ4v) is 4.44. The summed E-state index contributed by atoms with van der Waals surface area (Å²) in [5.41, 5.74) is 2.00. The van der Waals surface area contributed by atoms with Crippen LogP contribution in [0.1, 0.15) is 46.8 Å². The number of aliphatic carboxylic acids is 1. The summed E-state index contributed by atoms with van der Waals surface area (Å²) in [6.07, 6.45) is 2.65. The van der Waals surface area contributed by atoms with Crippen LogP contribution in [-0.2, 0) is 4.79 Å². The average Bonchev–Trinajstić information content (AvgIpc) is 2.89. The largest absolute Gasteiger partial charge is 0.506 e.